The van der Waals surface area contributed by atoms with Crippen LogP contribution in [0.2, 0.25) is 0 Å². The summed E-state index contributed by atoms with van der Waals surface area (Å²) in [6, 6.07) is 19.8. The van der Waals surface area contributed by atoms with Gasteiger partial charge in [0, 0.05) is 24.1 Å². The highest BCUT2D eigenvalue weighted by Gasteiger charge is 2.47. The van der Waals surface area contributed by atoms with Gasteiger partial charge < -0.3 is 5.11 Å². The first kappa shape index (κ1) is 21.4. The van der Waals surface area contributed by atoms with Gasteiger partial charge in [0.25, 0.3) is 0 Å². The van der Waals surface area contributed by atoms with E-state index >= 15 is 4.39 Å². The van der Waals surface area contributed by atoms with E-state index < -0.39 is 5.97 Å². The largest absolute Gasteiger partial charge is 0.481 e. The Kier molecular flexibility index (Phi) is 5.19. The van der Waals surface area contributed by atoms with Crippen molar-refractivity contribution < 1.29 is 14.3 Å². The second kappa shape index (κ2) is 8.25. The van der Waals surface area contributed by atoms with Crippen molar-refractivity contribution >= 4 is 27.7 Å². The monoisotopic (exact) mass is 473 g/mol. The van der Waals surface area contributed by atoms with Gasteiger partial charge >= 0.3 is 5.97 Å². The lowest BCUT2D eigenvalue weighted by molar-refractivity contribution is -0.141. The summed E-state index contributed by atoms with van der Waals surface area (Å²) in [5.74, 6) is -1.40. The second-order valence-electron chi connectivity index (χ2n) is 9.36. The Morgan fingerprint density at radius 1 is 1.12 bits per heavy atom. The minimum Gasteiger partial charge on any atom is -0.481 e. The lowest BCUT2D eigenvalue weighted by atomic mass is 9.92. The van der Waals surface area contributed by atoms with E-state index in [1.807, 2.05) is 18.2 Å². The molecule has 3 heterocycles. The number of carboxylic acid groups (broad SMARTS) is 1. The lowest BCUT2D eigenvalue weighted by Crippen LogP contribution is -2.22. The standard InChI is InChI=1S/C27H24FN3O2S/c28-21-14-17(15-31-13-10-18(16-31)26(32)33)6-7-20(21)24-29-22-8-9-23(30-25(22)34-24)27(11-12-27)19-4-2-1-3-5-19/h1-9,14,18H,10-13,15-16H2,(H,32,33)/t18-/m0/s1. The van der Waals surface area contributed by atoms with Crippen LogP contribution < -0.4 is 0 Å². The van der Waals surface area contributed by atoms with E-state index in [0.29, 0.717) is 30.1 Å². The van der Waals surface area contributed by atoms with Gasteiger partial charge in [0.05, 0.1) is 11.6 Å². The Balaban J connectivity index is 1.25. The van der Waals surface area contributed by atoms with E-state index in [-0.39, 0.29) is 17.2 Å². The number of likely N-dealkylation sites (tertiary alicyclic amines) is 1. The molecule has 2 fully saturated rings. The summed E-state index contributed by atoms with van der Waals surface area (Å²) in [6.45, 7) is 1.78. The molecule has 1 saturated heterocycles. The average Bonchev–Trinajstić information content (AvgIpc) is 3.32. The van der Waals surface area contributed by atoms with Crippen LogP contribution in [0, 0.1) is 11.7 Å². The Hall–Kier alpha value is -3.16. The maximum atomic E-state index is 15.1. The molecule has 1 atom stereocenters. The van der Waals surface area contributed by atoms with Crippen molar-refractivity contribution in [3.63, 3.8) is 0 Å². The fourth-order valence-electron chi connectivity index (χ4n) is 5.04. The van der Waals surface area contributed by atoms with Crippen molar-refractivity contribution in [3.8, 4) is 10.6 Å². The number of pyridine rings is 1. The van der Waals surface area contributed by atoms with E-state index in [2.05, 4.69) is 40.2 Å². The molecule has 2 aliphatic rings. The quantitative estimate of drug-likeness (QED) is 0.401. The number of aliphatic carboxylic acids is 1. The molecule has 34 heavy (non-hydrogen) atoms. The van der Waals surface area contributed by atoms with E-state index in [9.17, 15) is 9.90 Å². The second-order valence-corrected chi connectivity index (χ2v) is 10.3. The summed E-state index contributed by atoms with van der Waals surface area (Å²) in [5, 5.41) is 9.81. The average molecular weight is 474 g/mol. The lowest BCUT2D eigenvalue weighted by Gasteiger charge is -2.15. The van der Waals surface area contributed by atoms with Gasteiger partial charge in [-0.15, -0.1) is 0 Å². The van der Waals surface area contributed by atoms with Crippen LogP contribution in [0.4, 0.5) is 4.39 Å². The minimum atomic E-state index is -0.756. The van der Waals surface area contributed by atoms with Crippen LogP contribution in [-0.4, -0.2) is 39.0 Å². The number of hydrogen-bond donors (Lipinski definition) is 1. The molecule has 7 heteroatoms. The van der Waals surface area contributed by atoms with Crippen molar-refractivity contribution in [1.82, 2.24) is 14.9 Å². The van der Waals surface area contributed by atoms with Crippen molar-refractivity contribution in [2.24, 2.45) is 5.92 Å². The van der Waals surface area contributed by atoms with Crippen LogP contribution in [0.5, 0.6) is 0 Å². The number of thiazole rings is 1. The first-order valence-electron chi connectivity index (χ1n) is 11.6. The van der Waals surface area contributed by atoms with Gasteiger partial charge in [-0.2, -0.15) is 0 Å². The Morgan fingerprint density at radius 3 is 2.65 bits per heavy atom. The molecular formula is C27H24FN3O2S. The predicted octanol–water partition coefficient (Wildman–Crippen LogP) is 5.48. The van der Waals surface area contributed by atoms with Crippen LogP contribution in [-0.2, 0) is 16.8 Å². The van der Waals surface area contributed by atoms with Gasteiger partial charge in [0.1, 0.15) is 21.2 Å². The maximum absolute atomic E-state index is 15.1. The zero-order chi connectivity index (χ0) is 23.3. The van der Waals surface area contributed by atoms with Gasteiger partial charge in [-0.25, -0.2) is 14.4 Å². The highest BCUT2D eigenvalue weighted by Crippen LogP contribution is 2.53. The number of halogens is 1. The summed E-state index contributed by atoms with van der Waals surface area (Å²) >= 11 is 1.42. The molecule has 5 nitrogen and oxygen atoms in total. The number of fused-ring (bicyclic) bond motifs is 1. The summed E-state index contributed by atoms with van der Waals surface area (Å²) in [7, 11) is 0. The fraction of sp³-hybridized carbons (Fsp3) is 0.296. The molecule has 1 N–H and O–H groups in total. The Labute approximate surface area is 200 Å². The molecule has 2 aromatic heterocycles. The minimum absolute atomic E-state index is 0.0122. The summed E-state index contributed by atoms with van der Waals surface area (Å²) in [6.07, 6.45) is 2.81. The molecule has 0 bridgehead atoms. The van der Waals surface area contributed by atoms with Gasteiger partial charge in [-0.3, -0.25) is 9.69 Å². The molecular weight excluding hydrogens is 449 g/mol. The van der Waals surface area contributed by atoms with Crippen molar-refractivity contribution in [2.45, 2.75) is 31.2 Å². The summed E-state index contributed by atoms with van der Waals surface area (Å²) in [5.41, 5.74) is 4.44. The summed E-state index contributed by atoms with van der Waals surface area (Å²) in [4.78, 5) is 23.7. The number of carboxylic acids is 1. The molecule has 1 saturated carbocycles. The van der Waals surface area contributed by atoms with Gasteiger partial charge in [0.2, 0.25) is 0 Å². The first-order chi connectivity index (χ1) is 16.5. The normalized spacial score (nSPS) is 19.5. The zero-order valence-corrected chi connectivity index (χ0v) is 19.4. The Morgan fingerprint density at radius 2 is 1.94 bits per heavy atom. The molecule has 0 spiro atoms. The molecule has 6 rings (SSSR count). The molecule has 172 valence electrons. The van der Waals surface area contributed by atoms with Crippen LogP contribution >= 0.6 is 11.3 Å². The number of nitrogens with zero attached hydrogens (tertiary/aromatic N) is 3. The molecule has 4 aromatic rings. The number of carbonyl (C=O) groups is 1. The Bertz CT molecular complexity index is 1380. The van der Waals surface area contributed by atoms with Crippen molar-refractivity contribution in [2.75, 3.05) is 13.1 Å². The first-order valence-corrected chi connectivity index (χ1v) is 12.4. The van der Waals surface area contributed by atoms with E-state index in [1.165, 1.54) is 16.9 Å². The fourth-order valence-corrected chi connectivity index (χ4v) is 6.01. The van der Waals surface area contributed by atoms with Crippen LogP contribution in [0.15, 0.2) is 60.7 Å². The third-order valence-corrected chi connectivity index (χ3v) is 8.11. The molecule has 0 radical (unpaired) electrons. The molecule has 1 aliphatic carbocycles. The number of aromatic nitrogens is 2. The molecule has 2 aromatic carbocycles. The van der Waals surface area contributed by atoms with Gasteiger partial charge in [-0.1, -0.05) is 47.7 Å². The number of rotatable bonds is 6. The zero-order valence-electron chi connectivity index (χ0n) is 18.6. The number of benzene rings is 2. The van der Waals surface area contributed by atoms with E-state index in [4.69, 9.17) is 4.98 Å². The van der Waals surface area contributed by atoms with Crippen LogP contribution in [0.1, 0.15) is 36.1 Å². The SMILES string of the molecule is O=C(O)[C@H]1CCN(Cc2ccc(-c3nc4ccc(C5(c6ccccc6)CC5)nc4s3)c(F)c2)C1. The van der Waals surface area contributed by atoms with Crippen LogP contribution in [0.25, 0.3) is 20.9 Å². The predicted molar refractivity (Wildman–Crippen MR) is 130 cm³/mol. The molecule has 1 aliphatic heterocycles. The molecule has 0 unspecified atom stereocenters. The van der Waals surface area contributed by atoms with Gasteiger partial charge in [0.15, 0.2) is 0 Å². The third kappa shape index (κ3) is 3.79. The topological polar surface area (TPSA) is 66.3 Å². The van der Waals surface area contributed by atoms with E-state index in [1.54, 1.807) is 12.1 Å². The van der Waals surface area contributed by atoms with E-state index in [0.717, 1.165) is 41.0 Å². The molecule has 0 amide bonds. The number of hydrogen-bond acceptors (Lipinski definition) is 5. The van der Waals surface area contributed by atoms with Crippen LogP contribution in [0.3, 0.4) is 0 Å². The summed E-state index contributed by atoms with van der Waals surface area (Å²) < 4.78 is 15.1. The highest BCUT2D eigenvalue weighted by molar-refractivity contribution is 7.21. The maximum Gasteiger partial charge on any atom is 0.307 e. The van der Waals surface area contributed by atoms with Crippen molar-refractivity contribution in [1.29, 1.82) is 0 Å². The third-order valence-electron chi connectivity index (χ3n) is 7.11. The smallest absolute Gasteiger partial charge is 0.307 e. The van der Waals surface area contributed by atoms with Gasteiger partial charge in [-0.05, 0) is 61.2 Å². The highest BCUT2D eigenvalue weighted by atomic mass is 32.1. The van der Waals surface area contributed by atoms with Crippen molar-refractivity contribution in [3.05, 3.63) is 83.3 Å².